The third-order valence-corrected chi connectivity index (χ3v) is 7.82. The maximum atomic E-state index is 13.1. The Bertz CT molecular complexity index is 1200. The predicted molar refractivity (Wildman–Crippen MR) is 112 cm³/mol. The monoisotopic (exact) mass is 440 g/mol. The number of sulfonamides is 1. The molecule has 0 aliphatic carbocycles. The molecular weight excluding hydrogens is 420 g/mol. The quantitative estimate of drug-likeness (QED) is 0.531. The number of nitro groups is 1. The fraction of sp³-hybridized carbons (Fsp3) is 0.333. The molecule has 2 aromatic carbocycles. The maximum absolute atomic E-state index is 13.1. The number of anilines is 1. The van der Waals surface area contributed by atoms with Gasteiger partial charge in [0.05, 0.1) is 15.4 Å². The lowest BCUT2D eigenvalue weighted by Crippen LogP contribution is -2.44. The molecule has 0 radical (unpaired) electrons. The van der Waals surface area contributed by atoms with Crippen LogP contribution in [0.3, 0.4) is 0 Å². The highest BCUT2D eigenvalue weighted by Gasteiger charge is 2.36. The van der Waals surface area contributed by atoms with Crippen LogP contribution in [0.2, 0.25) is 0 Å². The van der Waals surface area contributed by atoms with Crippen LogP contribution in [0.1, 0.15) is 24.0 Å². The summed E-state index contributed by atoms with van der Waals surface area (Å²) < 4.78 is 27.3. The number of amides is 1. The average molecular weight is 440 g/mol. The Morgan fingerprint density at radius 2 is 1.84 bits per heavy atom. The molecule has 2 heterocycles. The molecule has 2 aliphatic heterocycles. The molecule has 2 aromatic rings. The van der Waals surface area contributed by atoms with E-state index in [1.165, 1.54) is 28.6 Å². The standard InChI is InChI=1S/C21H20N4O5S/c22-14-17-3-1-2-4-20(17)31(29,30)23-10-7-15(8-11-23)21(26)24-12-9-16-13-18(25(27)28)5-6-19(16)24/h1-6,13,15H,7-12H2. The first-order valence-corrected chi connectivity index (χ1v) is 11.3. The number of piperidine rings is 1. The zero-order chi connectivity index (χ0) is 22.2. The van der Waals surface area contributed by atoms with Crippen LogP contribution >= 0.6 is 0 Å². The zero-order valence-electron chi connectivity index (χ0n) is 16.6. The third-order valence-electron chi connectivity index (χ3n) is 5.86. The molecule has 2 aliphatic rings. The van der Waals surface area contributed by atoms with Gasteiger partial charge in [-0.15, -0.1) is 0 Å². The molecule has 1 amide bonds. The number of hydrogen-bond acceptors (Lipinski definition) is 6. The van der Waals surface area contributed by atoms with Gasteiger partial charge >= 0.3 is 0 Å². The van der Waals surface area contributed by atoms with E-state index in [1.54, 1.807) is 23.1 Å². The minimum absolute atomic E-state index is 0.00390. The summed E-state index contributed by atoms with van der Waals surface area (Å²) in [6, 6.07) is 12.5. The van der Waals surface area contributed by atoms with Gasteiger partial charge in [-0.25, -0.2) is 8.42 Å². The Hall–Kier alpha value is -3.29. The smallest absolute Gasteiger partial charge is 0.269 e. The molecule has 160 valence electrons. The first-order valence-electron chi connectivity index (χ1n) is 9.91. The van der Waals surface area contributed by atoms with Crippen LogP contribution in [-0.2, 0) is 21.2 Å². The molecule has 31 heavy (non-hydrogen) atoms. The van der Waals surface area contributed by atoms with Crippen molar-refractivity contribution in [1.82, 2.24) is 4.31 Å². The van der Waals surface area contributed by atoms with Crippen molar-refractivity contribution in [1.29, 1.82) is 5.26 Å². The molecule has 0 bridgehead atoms. The summed E-state index contributed by atoms with van der Waals surface area (Å²) in [5.74, 6) is -0.402. The lowest BCUT2D eigenvalue weighted by atomic mass is 9.96. The van der Waals surface area contributed by atoms with E-state index >= 15 is 0 Å². The first kappa shape index (κ1) is 21.0. The zero-order valence-corrected chi connectivity index (χ0v) is 17.4. The molecule has 10 heteroatoms. The summed E-state index contributed by atoms with van der Waals surface area (Å²) >= 11 is 0. The van der Waals surface area contributed by atoms with Gasteiger partial charge in [0.2, 0.25) is 15.9 Å². The van der Waals surface area contributed by atoms with Crippen LogP contribution in [0.25, 0.3) is 0 Å². The van der Waals surface area contributed by atoms with Gasteiger partial charge in [0.15, 0.2) is 0 Å². The summed E-state index contributed by atoms with van der Waals surface area (Å²) in [4.78, 5) is 25.2. The Morgan fingerprint density at radius 1 is 1.13 bits per heavy atom. The Kier molecular flexibility index (Phi) is 5.47. The van der Waals surface area contributed by atoms with Gasteiger partial charge in [-0.1, -0.05) is 12.1 Å². The SMILES string of the molecule is N#Cc1ccccc1S(=O)(=O)N1CCC(C(=O)N2CCc3cc([N+](=O)[O-])ccc32)CC1. The largest absolute Gasteiger partial charge is 0.312 e. The molecule has 0 atom stereocenters. The number of fused-ring (bicyclic) bond motifs is 1. The number of nitriles is 1. The van der Waals surface area contributed by atoms with Crippen LogP contribution in [0, 0.1) is 27.4 Å². The van der Waals surface area contributed by atoms with Crippen LogP contribution in [0.5, 0.6) is 0 Å². The van der Waals surface area contributed by atoms with E-state index in [-0.39, 0.29) is 41.1 Å². The number of benzene rings is 2. The van der Waals surface area contributed by atoms with Gasteiger partial charge in [-0.2, -0.15) is 9.57 Å². The topological polar surface area (TPSA) is 125 Å². The Labute approximate surface area is 179 Å². The molecule has 4 rings (SSSR count). The van der Waals surface area contributed by atoms with Crippen LogP contribution in [-0.4, -0.2) is 43.2 Å². The summed E-state index contributed by atoms with van der Waals surface area (Å²) in [7, 11) is -3.81. The molecule has 0 unspecified atom stereocenters. The highest BCUT2D eigenvalue weighted by Crippen LogP contribution is 2.34. The maximum Gasteiger partial charge on any atom is 0.269 e. The average Bonchev–Trinajstić information content (AvgIpc) is 3.21. The highest BCUT2D eigenvalue weighted by atomic mass is 32.2. The van der Waals surface area contributed by atoms with E-state index in [0.29, 0.717) is 31.5 Å². The molecule has 0 N–H and O–H groups in total. The molecule has 1 saturated heterocycles. The van der Waals surface area contributed by atoms with Crippen molar-refractivity contribution in [2.45, 2.75) is 24.2 Å². The Balaban J connectivity index is 1.46. The fourth-order valence-electron chi connectivity index (χ4n) is 4.22. The van der Waals surface area contributed by atoms with E-state index < -0.39 is 14.9 Å². The van der Waals surface area contributed by atoms with Gasteiger partial charge in [0.1, 0.15) is 6.07 Å². The number of rotatable bonds is 4. The van der Waals surface area contributed by atoms with Gasteiger partial charge < -0.3 is 4.90 Å². The van der Waals surface area contributed by atoms with Gasteiger partial charge in [-0.05, 0) is 43.0 Å². The second-order valence-electron chi connectivity index (χ2n) is 7.60. The minimum atomic E-state index is -3.81. The van der Waals surface area contributed by atoms with E-state index in [2.05, 4.69) is 0 Å². The van der Waals surface area contributed by atoms with Crippen molar-refractivity contribution in [2.24, 2.45) is 5.92 Å². The van der Waals surface area contributed by atoms with Crippen molar-refractivity contribution in [3.63, 3.8) is 0 Å². The summed E-state index contributed by atoms with van der Waals surface area (Å²) in [5, 5.41) is 20.2. The highest BCUT2D eigenvalue weighted by molar-refractivity contribution is 7.89. The fourth-order valence-corrected chi connectivity index (χ4v) is 5.83. The molecule has 9 nitrogen and oxygen atoms in total. The summed E-state index contributed by atoms with van der Waals surface area (Å²) in [5.41, 5.74) is 1.57. The van der Waals surface area contributed by atoms with E-state index in [1.807, 2.05) is 6.07 Å². The van der Waals surface area contributed by atoms with Crippen LogP contribution in [0.15, 0.2) is 47.4 Å². The molecule has 0 spiro atoms. The molecule has 0 aromatic heterocycles. The predicted octanol–water partition coefficient (Wildman–Crippen LogP) is 2.46. The molecular formula is C21H20N4O5S. The number of non-ortho nitro benzene ring substituents is 1. The number of nitrogens with zero attached hydrogens (tertiary/aromatic N) is 4. The number of carbonyl (C=O) groups is 1. The van der Waals surface area contributed by atoms with Gasteiger partial charge in [0, 0.05) is 43.4 Å². The van der Waals surface area contributed by atoms with Gasteiger partial charge in [-0.3, -0.25) is 14.9 Å². The normalized spacial score (nSPS) is 17.2. The van der Waals surface area contributed by atoms with Gasteiger partial charge in [0.25, 0.3) is 5.69 Å². The second-order valence-corrected chi connectivity index (χ2v) is 9.50. The van der Waals surface area contributed by atoms with Crippen LogP contribution < -0.4 is 4.90 Å². The van der Waals surface area contributed by atoms with E-state index in [4.69, 9.17) is 0 Å². The lowest BCUT2D eigenvalue weighted by molar-refractivity contribution is -0.384. The second kappa shape index (κ2) is 8.09. The van der Waals surface area contributed by atoms with Crippen molar-refractivity contribution < 1.29 is 18.1 Å². The number of nitro benzene ring substituents is 1. The Morgan fingerprint density at radius 3 is 2.52 bits per heavy atom. The van der Waals surface area contributed by atoms with E-state index in [0.717, 1.165) is 5.56 Å². The molecule has 0 saturated carbocycles. The van der Waals surface area contributed by atoms with E-state index in [9.17, 15) is 28.6 Å². The number of hydrogen-bond donors (Lipinski definition) is 0. The summed E-state index contributed by atoms with van der Waals surface area (Å²) in [6.07, 6.45) is 1.32. The number of carbonyl (C=O) groups excluding carboxylic acids is 1. The van der Waals surface area contributed by atoms with Crippen molar-refractivity contribution in [3.8, 4) is 6.07 Å². The van der Waals surface area contributed by atoms with Crippen molar-refractivity contribution in [2.75, 3.05) is 24.5 Å². The van der Waals surface area contributed by atoms with Crippen molar-refractivity contribution in [3.05, 3.63) is 63.7 Å². The lowest BCUT2D eigenvalue weighted by Gasteiger charge is -2.32. The minimum Gasteiger partial charge on any atom is -0.312 e. The van der Waals surface area contributed by atoms with Crippen molar-refractivity contribution >= 4 is 27.3 Å². The van der Waals surface area contributed by atoms with Crippen LogP contribution in [0.4, 0.5) is 11.4 Å². The molecule has 1 fully saturated rings. The summed E-state index contributed by atoms with van der Waals surface area (Å²) in [6.45, 7) is 0.850. The first-order chi connectivity index (χ1) is 14.8. The third kappa shape index (κ3) is 3.78.